The van der Waals surface area contributed by atoms with Gasteiger partial charge in [-0.05, 0) is 63.1 Å². The van der Waals surface area contributed by atoms with Crippen molar-refractivity contribution in [2.45, 2.75) is 45.5 Å². The number of carbonyl (C=O) groups excluding carboxylic acids is 1. The third-order valence-electron chi connectivity index (χ3n) is 4.75. The molecule has 0 aliphatic heterocycles. The summed E-state index contributed by atoms with van der Waals surface area (Å²) in [5, 5.41) is 11.4. The summed E-state index contributed by atoms with van der Waals surface area (Å²) >= 11 is 1.18. The number of rotatable bonds is 8. The van der Waals surface area contributed by atoms with Crippen LogP contribution in [0.25, 0.3) is 0 Å². The van der Waals surface area contributed by atoms with Crippen molar-refractivity contribution in [1.29, 1.82) is 0 Å². The first-order valence-electron chi connectivity index (χ1n) is 9.83. The van der Waals surface area contributed by atoms with Crippen molar-refractivity contribution in [2.24, 2.45) is 0 Å². The molecular formula is C22H24F2N4O2S. The monoisotopic (exact) mass is 446 g/mol. The number of aromatic nitrogens is 3. The highest BCUT2D eigenvalue weighted by Gasteiger charge is 2.20. The Balaban J connectivity index is 1.65. The molecule has 0 fully saturated rings. The quantitative estimate of drug-likeness (QED) is 0.490. The molecule has 6 nitrogen and oxygen atoms in total. The van der Waals surface area contributed by atoms with Gasteiger partial charge >= 0.3 is 0 Å². The first-order chi connectivity index (χ1) is 14.8. The molecule has 0 saturated carbocycles. The SMILES string of the molecule is CCn1c(SCC(=O)Nc2ccc(F)cc2F)nnc1C(C)Oc1ccc(C)c(C)c1. The predicted octanol–water partition coefficient (Wildman–Crippen LogP) is 5.06. The molecule has 0 bridgehead atoms. The topological polar surface area (TPSA) is 69.0 Å². The summed E-state index contributed by atoms with van der Waals surface area (Å²) in [6, 6.07) is 8.90. The second-order valence-electron chi connectivity index (χ2n) is 7.05. The summed E-state index contributed by atoms with van der Waals surface area (Å²) in [6.07, 6.45) is -0.342. The molecule has 31 heavy (non-hydrogen) atoms. The molecule has 0 radical (unpaired) electrons. The summed E-state index contributed by atoms with van der Waals surface area (Å²) in [5.74, 6) is -0.562. The lowest BCUT2D eigenvalue weighted by atomic mass is 10.1. The van der Waals surface area contributed by atoms with Gasteiger partial charge in [0.25, 0.3) is 0 Å². The average Bonchev–Trinajstić information content (AvgIpc) is 3.14. The fraction of sp³-hybridized carbons (Fsp3) is 0.318. The van der Waals surface area contributed by atoms with Crippen LogP contribution in [-0.4, -0.2) is 26.4 Å². The molecule has 0 spiro atoms. The van der Waals surface area contributed by atoms with Crippen LogP contribution in [0.3, 0.4) is 0 Å². The number of aryl methyl sites for hydroxylation is 2. The molecular weight excluding hydrogens is 422 g/mol. The number of halogens is 2. The number of anilines is 1. The summed E-state index contributed by atoms with van der Waals surface area (Å²) in [6.45, 7) is 8.51. The number of thioether (sulfide) groups is 1. The van der Waals surface area contributed by atoms with E-state index in [9.17, 15) is 13.6 Å². The smallest absolute Gasteiger partial charge is 0.234 e. The fourth-order valence-electron chi connectivity index (χ4n) is 2.96. The van der Waals surface area contributed by atoms with Gasteiger partial charge in [-0.1, -0.05) is 17.8 Å². The minimum absolute atomic E-state index is 0.00133. The van der Waals surface area contributed by atoms with Crippen LogP contribution in [0.2, 0.25) is 0 Å². The summed E-state index contributed by atoms with van der Waals surface area (Å²) in [7, 11) is 0. The molecule has 3 aromatic rings. The van der Waals surface area contributed by atoms with Crippen LogP contribution in [0.1, 0.15) is 36.9 Å². The zero-order valence-electron chi connectivity index (χ0n) is 17.8. The largest absolute Gasteiger partial charge is 0.483 e. The van der Waals surface area contributed by atoms with Gasteiger partial charge in [0.05, 0.1) is 11.4 Å². The van der Waals surface area contributed by atoms with E-state index in [0.717, 1.165) is 23.4 Å². The minimum Gasteiger partial charge on any atom is -0.483 e. The number of nitrogens with zero attached hydrogens (tertiary/aromatic N) is 3. The molecule has 3 rings (SSSR count). The molecule has 2 aromatic carbocycles. The maximum absolute atomic E-state index is 13.7. The standard InChI is InChI=1S/C22H24F2N4O2S/c1-5-28-21(15(4)30-17-8-6-13(2)14(3)10-17)26-27-22(28)31-12-20(29)25-19-9-7-16(23)11-18(19)24/h6-11,15H,5,12H2,1-4H3,(H,25,29). The van der Waals surface area contributed by atoms with Crippen molar-refractivity contribution >= 4 is 23.4 Å². The van der Waals surface area contributed by atoms with Crippen molar-refractivity contribution in [3.05, 3.63) is 65.0 Å². The molecule has 0 aliphatic rings. The Morgan fingerprint density at radius 2 is 1.94 bits per heavy atom. The molecule has 0 aliphatic carbocycles. The Bertz CT molecular complexity index is 1090. The van der Waals surface area contributed by atoms with Crippen LogP contribution in [0.4, 0.5) is 14.5 Å². The predicted molar refractivity (Wildman–Crippen MR) is 116 cm³/mol. The number of ether oxygens (including phenoxy) is 1. The number of carbonyl (C=O) groups is 1. The van der Waals surface area contributed by atoms with Crippen molar-refractivity contribution < 1.29 is 18.3 Å². The molecule has 1 unspecified atom stereocenters. The molecule has 164 valence electrons. The van der Waals surface area contributed by atoms with Crippen LogP contribution in [0.5, 0.6) is 5.75 Å². The van der Waals surface area contributed by atoms with Gasteiger partial charge in [-0.3, -0.25) is 4.79 Å². The Morgan fingerprint density at radius 1 is 1.16 bits per heavy atom. The van der Waals surface area contributed by atoms with Crippen molar-refractivity contribution in [2.75, 3.05) is 11.1 Å². The lowest BCUT2D eigenvalue weighted by molar-refractivity contribution is -0.113. The lowest BCUT2D eigenvalue weighted by Gasteiger charge is -2.16. The average molecular weight is 447 g/mol. The normalized spacial score (nSPS) is 11.9. The van der Waals surface area contributed by atoms with Gasteiger partial charge in [0, 0.05) is 12.6 Å². The van der Waals surface area contributed by atoms with Crippen molar-refractivity contribution in [3.8, 4) is 5.75 Å². The second kappa shape index (κ2) is 9.91. The van der Waals surface area contributed by atoms with E-state index >= 15 is 0 Å². The van der Waals surface area contributed by atoms with Crippen LogP contribution < -0.4 is 10.1 Å². The molecule has 0 saturated heterocycles. The fourth-order valence-corrected chi connectivity index (χ4v) is 3.77. The van der Waals surface area contributed by atoms with E-state index in [1.54, 1.807) is 0 Å². The van der Waals surface area contributed by atoms with Crippen molar-refractivity contribution in [1.82, 2.24) is 14.8 Å². The highest BCUT2D eigenvalue weighted by atomic mass is 32.2. The number of amides is 1. The van der Waals surface area contributed by atoms with E-state index in [4.69, 9.17) is 4.74 Å². The van der Waals surface area contributed by atoms with Crippen LogP contribution >= 0.6 is 11.8 Å². The maximum atomic E-state index is 13.7. The van der Waals surface area contributed by atoms with Gasteiger partial charge in [-0.2, -0.15) is 0 Å². The third-order valence-corrected chi connectivity index (χ3v) is 5.72. The summed E-state index contributed by atoms with van der Waals surface area (Å²) in [5.41, 5.74) is 2.26. The molecule has 1 atom stereocenters. The molecule has 1 amide bonds. The second-order valence-corrected chi connectivity index (χ2v) is 7.99. The van der Waals surface area contributed by atoms with E-state index in [2.05, 4.69) is 15.5 Å². The number of hydrogen-bond acceptors (Lipinski definition) is 5. The molecule has 1 N–H and O–H groups in total. The number of hydrogen-bond donors (Lipinski definition) is 1. The zero-order chi connectivity index (χ0) is 22.5. The maximum Gasteiger partial charge on any atom is 0.234 e. The van der Waals surface area contributed by atoms with E-state index in [1.807, 2.05) is 50.5 Å². The summed E-state index contributed by atoms with van der Waals surface area (Å²) in [4.78, 5) is 12.2. The van der Waals surface area contributed by atoms with Crippen molar-refractivity contribution in [3.63, 3.8) is 0 Å². The van der Waals surface area contributed by atoms with Gasteiger partial charge in [-0.15, -0.1) is 10.2 Å². The first kappa shape index (κ1) is 22.7. The van der Waals surface area contributed by atoms with Crippen LogP contribution in [0, 0.1) is 25.5 Å². The number of benzene rings is 2. The lowest BCUT2D eigenvalue weighted by Crippen LogP contribution is -2.16. The Morgan fingerprint density at radius 3 is 2.61 bits per heavy atom. The molecule has 9 heteroatoms. The van der Waals surface area contributed by atoms with E-state index in [0.29, 0.717) is 17.5 Å². The molecule has 1 heterocycles. The zero-order valence-corrected chi connectivity index (χ0v) is 18.6. The van der Waals surface area contributed by atoms with Gasteiger partial charge in [0.2, 0.25) is 5.91 Å². The Hall–Kier alpha value is -2.94. The van der Waals surface area contributed by atoms with E-state index in [1.165, 1.54) is 23.4 Å². The van der Waals surface area contributed by atoms with E-state index in [-0.39, 0.29) is 17.5 Å². The first-order valence-corrected chi connectivity index (χ1v) is 10.8. The van der Waals surface area contributed by atoms with E-state index < -0.39 is 17.5 Å². The van der Waals surface area contributed by atoms with Crippen LogP contribution in [0.15, 0.2) is 41.6 Å². The van der Waals surface area contributed by atoms with Gasteiger partial charge in [0.1, 0.15) is 17.4 Å². The Kier molecular flexibility index (Phi) is 7.27. The Labute approximate surface area is 184 Å². The van der Waals surface area contributed by atoms with Gasteiger partial charge in [-0.25, -0.2) is 8.78 Å². The minimum atomic E-state index is -0.824. The third kappa shape index (κ3) is 5.61. The molecule has 1 aromatic heterocycles. The highest BCUT2D eigenvalue weighted by Crippen LogP contribution is 2.26. The number of nitrogens with one attached hydrogen (secondary N) is 1. The summed E-state index contributed by atoms with van der Waals surface area (Å²) < 4.78 is 34.6. The van der Waals surface area contributed by atoms with Crippen LogP contribution in [-0.2, 0) is 11.3 Å². The van der Waals surface area contributed by atoms with Gasteiger partial charge in [0.15, 0.2) is 17.1 Å². The highest BCUT2D eigenvalue weighted by molar-refractivity contribution is 7.99. The van der Waals surface area contributed by atoms with Gasteiger partial charge < -0.3 is 14.6 Å².